The van der Waals surface area contributed by atoms with Crippen molar-refractivity contribution >= 4 is 0 Å². The quantitative estimate of drug-likeness (QED) is 0.855. The molecule has 0 aliphatic rings. The molecule has 1 heterocycles. The zero-order valence-electron chi connectivity index (χ0n) is 11.3. The van der Waals surface area contributed by atoms with E-state index < -0.39 is 5.41 Å². The maximum Gasteiger partial charge on any atom is 0.0921 e. The lowest BCUT2D eigenvalue weighted by atomic mass is 9.74. The van der Waals surface area contributed by atoms with Crippen molar-refractivity contribution in [2.24, 2.45) is 0 Å². The average Bonchev–Trinajstić information content (AvgIpc) is 2.97. The Morgan fingerprint density at radius 2 is 2.11 bits per heavy atom. The Labute approximate surface area is 114 Å². The molecule has 2 rings (SSSR count). The Kier molecular flexibility index (Phi) is 4.35. The fourth-order valence-corrected chi connectivity index (χ4v) is 2.44. The topological polar surface area (TPSA) is 52.5 Å². The summed E-state index contributed by atoms with van der Waals surface area (Å²) in [7, 11) is 0. The first kappa shape index (κ1) is 13.4. The van der Waals surface area contributed by atoms with Crippen molar-refractivity contribution in [2.75, 3.05) is 0 Å². The summed E-state index contributed by atoms with van der Waals surface area (Å²) in [4.78, 5) is 7.16. The highest BCUT2D eigenvalue weighted by atomic mass is 14.9. The average molecular weight is 253 g/mol. The number of benzene rings is 1. The Morgan fingerprint density at radius 1 is 1.32 bits per heavy atom. The van der Waals surface area contributed by atoms with Gasteiger partial charge in [-0.15, -0.1) is 0 Å². The van der Waals surface area contributed by atoms with Crippen LogP contribution >= 0.6 is 0 Å². The molecule has 1 unspecified atom stereocenters. The Morgan fingerprint density at radius 3 is 2.68 bits per heavy atom. The number of nitrogens with zero attached hydrogens (tertiary/aromatic N) is 2. The summed E-state index contributed by atoms with van der Waals surface area (Å²) in [6.45, 7) is 2.16. The molecule has 0 radical (unpaired) electrons. The predicted molar refractivity (Wildman–Crippen MR) is 75.5 cm³/mol. The number of hydrogen-bond acceptors (Lipinski definition) is 2. The summed E-state index contributed by atoms with van der Waals surface area (Å²) >= 11 is 0. The van der Waals surface area contributed by atoms with Crippen LogP contribution in [0.25, 0.3) is 0 Å². The van der Waals surface area contributed by atoms with Crippen LogP contribution in [0.1, 0.15) is 37.4 Å². The standard InChI is InChI=1S/C16H19N3/c1-2-3-9-16(12-17,10-15-11-18-13-19-15)14-7-5-4-6-8-14/h4-8,11,13H,2-3,9-10H2,1H3,(H,18,19). The Bertz CT molecular complexity index is 525. The van der Waals surface area contributed by atoms with E-state index in [9.17, 15) is 5.26 Å². The van der Waals surface area contributed by atoms with Gasteiger partial charge < -0.3 is 4.98 Å². The van der Waals surface area contributed by atoms with Gasteiger partial charge in [0, 0.05) is 18.3 Å². The first-order valence-electron chi connectivity index (χ1n) is 6.75. The molecule has 1 aromatic heterocycles. The van der Waals surface area contributed by atoms with E-state index in [2.05, 4.69) is 35.1 Å². The van der Waals surface area contributed by atoms with Gasteiger partial charge in [-0.2, -0.15) is 5.26 Å². The summed E-state index contributed by atoms with van der Waals surface area (Å²) in [5, 5.41) is 9.77. The minimum Gasteiger partial charge on any atom is -0.348 e. The number of H-pyrrole nitrogens is 1. The van der Waals surface area contributed by atoms with E-state index in [-0.39, 0.29) is 0 Å². The number of rotatable bonds is 6. The molecule has 0 fully saturated rings. The molecule has 98 valence electrons. The molecule has 1 N–H and O–H groups in total. The molecule has 0 saturated heterocycles. The molecule has 1 atom stereocenters. The lowest BCUT2D eigenvalue weighted by Crippen LogP contribution is -2.27. The van der Waals surface area contributed by atoms with Gasteiger partial charge in [-0.1, -0.05) is 50.1 Å². The zero-order chi connectivity index (χ0) is 13.6. The molecule has 0 spiro atoms. The van der Waals surface area contributed by atoms with Crippen LogP contribution in [0.5, 0.6) is 0 Å². The van der Waals surface area contributed by atoms with Crippen molar-refractivity contribution < 1.29 is 0 Å². The number of aromatic nitrogens is 2. The normalized spacial score (nSPS) is 13.7. The van der Waals surface area contributed by atoms with E-state index in [1.807, 2.05) is 18.2 Å². The number of unbranched alkanes of at least 4 members (excludes halogenated alkanes) is 1. The fraction of sp³-hybridized carbons (Fsp3) is 0.375. The second-order valence-corrected chi connectivity index (χ2v) is 4.92. The van der Waals surface area contributed by atoms with E-state index in [0.717, 1.165) is 30.5 Å². The fourth-order valence-electron chi connectivity index (χ4n) is 2.44. The molecule has 0 aliphatic carbocycles. The monoisotopic (exact) mass is 253 g/mol. The van der Waals surface area contributed by atoms with Gasteiger partial charge >= 0.3 is 0 Å². The number of nitrogens with one attached hydrogen (secondary N) is 1. The van der Waals surface area contributed by atoms with Gasteiger partial charge in [-0.25, -0.2) is 4.98 Å². The third-order valence-electron chi connectivity index (χ3n) is 3.54. The number of aromatic amines is 1. The lowest BCUT2D eigenvalue weighted by Gasteiger charge is -2.26. The minimum atomic E-state index is -0.455. The van der Waals surface area contributed by atoms with Crippen LogP contribution in [0.3, 0.4) is 0 Å². The highest BCUT2D eigenvalue weighted by Crippen LogP contribution is 2.32. The van der Waals surface area contributed by atoms with Crippen LogP contribution in [0, 0.1) is 11.3 Å². The summed E-state index contributed by atoms with van der Waals surface area (Å²) in [6, 6.07) is 12.6. The molecule has 1 aromatic carbocycles. The number of nitriles is 1. The molecule has 0 saturated carbocycles. The van der Waals surface area contributed by atoms with Crippen molar-refractivity contribution in [1.82, 2.24) is 9.97 Å². The molecule has 2 aromatic rings. The third-order valence-corrected chi connectivity index (χ3v) is 3.54. The SMILES string of the molecule is CCCCC(C#N)(Cc1cnc[nH]1)c1ccccc1. The molecule has 3 nitrogen and oxygen atoms in total. The Hall–Kier alpha value is -2.08. The van der Waals surface area contributed by atoms with E-state index in [4.69, 9.17) is 0 Å². The van der Waals surface area contributed by atoms with Crippen LogP contribution in [0.2, 0.25) is 0 Å². The minimum absolute atomic E-state index is 0.455. The maximum atomic E-state index is 9.77. The van der Waals surface area contributed by atoms with Crippen molar-refractivity contribution in [3.05, 3.63) is 54.1 Å². The second kappa shape index (κ2) is 6.19. The van der Waals surface area contributed by atoms with Gasteiger partial charge in [0.2, 0.25) is 0 Å². The first-order valence-corrected chi connectivity index (χ1v) is 6.75. The van der Waals surface area contributed by atoms with Gasteiger partial charge in [0.25, 0.3) is 0 Å². The maximum absolute atomic E-state index is 9.77. The van der Waals surface area contributed by atoms with Crippen molar-refractivity contribution in [3.63, 3.8) is 0 Å². The van der Waals surface area contributed by atoms with Gasteiger partial charge in [0.15, 0.2) is 0 Å². The van der Waals surface area contributed by atoms with Crippen LogP contribution < -0.4 is 0 Å². The lowest BCUT2D eigenvalue weighted by molar-refractivity contribution is 0.472. The van der Waals surface area contributed by atoms with Crippen LogP contribution in [0.4, 0.5) is 0 Å². The van der Waals surface area contributed by atoms with Crippen molar-refractivity contribution in [3.8, 4) is 6.07 Å². The molecule has 19 heavy (non-hydrogen) atoms. The van der Waals surface area contributed by atoms with E-state index in [1.165, 1.54) is 0 Å². The van der Waals surface area contributed by atoms with Gasteiger partial charge in [-0.05, 0) is 12.0 Å². The number of hydrogen-bond donors (Lipinski definition) is 1. The first-order chi connectivity index (χ1) is 9.30. The highest BCUT2D eigenvalue weighted by Gasteiger charge is 2.32. The molecule has 3 heteroatoms. The smallest absolute Gasteiger partial charge is 0.0921 e. The summed E-state index contributed by atoms with van der Waals surface area (Å²) in [5.41, 5.74) is 1.66. The van der Waals surface area contributed by atoms with Gasteiger partial charge in [0.05, 0.1) is 17.8 Å². The molecular formula is C16H19N3. The largest absolute Gasteiger partial charge is 0.348 e. The van der Waals surface area contributed by atoms with E-state index >= 15 is 0 Å². The predicted octanol–water partition coefficient (Wildman–Crippen LogP) is 3.60. The van der Waals surface area contributed by atoms with Gasteiger partial charge in [-0.3, -0.25) is 0 Å². The molecule has 0 bridgehead atoms. The van der Waals surface area contributed by atoms with Crippen LogP contribution in [0.15, 0.2) is 42.9 Å². The van der Waals surface area contributed by atoms with Crippen LogP contribution in [-0.4, -0.2) is 9.97 Å². The third kappa shape index (κ3) is 3.03. The molecule has 0 aliphatic heterocycles. The Balaban J connectivity index is 2.34. The highest BCUT2D eigenvalue weighted by molar-refractivity contribution is 5.34. The number of imidazole rings is 1. The summed E-state index contributed by atoms with van der Waals surface area (Å²) in [5.74, 6) is 0. The molecule has 0 amide bonds. The van der Waals surface area contributed by atoms with Gasteiger partial charge in [0.1, 0.15) is 0 Å². The van der Waals surface area contributed by atoms with E-state index in [1.54, 1.807) is 12.5 Å². The summed E-state index contributed by atoms with van der Waals surface area (Å²) < 4.78 is 0. The van der Waals surface area contributed by atoms with Crippen molar-refractivity contribution in [1.29, 1.82) is 5.26 Å². The second-order valence-electron chi connectivity index (χ2n) is 4.92. The van der Waals surface area contributed by atoms with Crippen LogP contribution in [-0.2, 0) is 11.8 Å². The van der Waals surface area contributed by atoms with Crippen molar-refractivity contribution in [2.45, 2.75) is 38.0 Å². The zero-order valence-corrected chi connectivity index (χ0v) is 11.3. The molecular weight excluding hydrogens is 234 g/mol. The van der Waals surface area contributed by atoms with E-state index in [0.29, 0.717) is 6.42 Å². The summed E-state index contributed by atoms with van der Waals surface area (Å²) in [6.07, 6.45) is 7.19.